The first-order chi connectivity index (χ1) is 13.1. The second-order valence-electron chi connectivity index (χ2n) is 8.34. The molecule has 0 aliphatic heterocycles. The predicted octanol–water partition coefficient (Wildman–Crippen LogP) is 1.72. The predicted molar refractivity (Wildman–Crippen MR) is 105 cm³/mol. The van der Waals surface area contributed by atoms with Crippen molar-refractivity contribution in [3.05, 3.63) is 46.3 Å². The highest BCUT2D eigenvalue weighted by molar-refractivity contribution is 6.00. The number of amides is 1. The fourth-order valence-corrected chi connectivity index (χ4v) is 3.93. The number of primary amides is 1. The van der Waals surface area contributed by atoms with Crippen LogP contribution in [0.1, 0.15) is 64.4 Å². The van der Waals surface area contributed by atoms with Crippen LogP contribution in [-0.4, -0.2) is 44.4 Å². The molecule has 3 rings (SSSR count). The molecule has 0 spiro atoms. The Hall–Kier alpha value is -2.51. The number of nitrogens with two attached hydrogens (primary N) is 1. The molecule has 150 valence electrons. The maximum absolute atomic E-state index is 12.6. The van der Waals surface area contributed by atoms with Gasteiger partial charge in [0.2, 0.25) is 5.91 Å². The zero-order chi connectivity index (χ0) is 20.6. The van der Waals surface area contributed by atoms with Gasteiger partial charge >= 0.3 is 0 Å². The Bertz CT molecular complexity index is 930. The van der Waals surface area contributed by atoms with Crippen LogP contribution in [0.4, 0.5) is 0 Å². The number of aromatic nitrogens is 2. The minimum absolute atomic E-state index is 0.107. The van der Waals surface area contributed by atoms with Gasteiger partial charge in [-0.3, -0.25) is 9.59 Å². The van der Waals surface area contributed by atoms with Gasteiger partial charge in [0.1, 0.15) is 0 Å². The number of hydrogen-bond donors (Lipinski definition) is 3. The van der Waals surface area contributed by atoms with Crippen molar-refractivity contribution in [3.63, 3.8) is 0 Å². The number of Topliss-reactive ketones (excluding diaryl/α,β-unsaturated/α-hetero) is 1. The SMILES string of the molecule is Cc1nn(-c2ccc(C(N)=O)c(CCC(O)CO)c2)c2c1C(=O)CC(C)(C)C2. The molecule has 1 amide bonds. The smallest absolute Gasteiger partial charge is 0.248 e. The molecule has 1 heterocycles. The van der Waals surface area contributed by atoms with Gasteiger partial charge in [-0.2, -0.15) is 5.10 Å². The quantitative estimate of drug-likeness (QED) is 0.700. The van der Waals surface area contributed by atoms with Crippen LogP contribution in [0.25, 0.3) is 5.69 Å². The van der Waals surface area contributed by atoms with Crippen LogP contribution >= 0.6 is 0 Å². The molecule has 0 bridgehead atoms. The average Bonchev–Trinajstić information content (AvgIpc) is 2.94. The molecule has 2 aromatic rings. The van der Waals surface area contributed by atoms with Crippen LogP contribution in [0.15, 0.2) is 18.2 Å². The Labute approximate surface area is 164 Å². The van der Waals surface area contributed by atoms with Crippen LogP contribution < -0.4 is 5.73 Å². The summed E-state index contributed by atoms with van der Waals surface area (Å²) in [6.07, 6.45) is 1.06. The van der Waals surface area contributed by atoms with Gasteiger partial charge in [0.15, 0.2) is 5.78 Å². The lowest BCUT2D eigenvalue weighted by Gasteiger charge is -2.29. The number of fused-ring (bicyclic) bond motifs is 1. The molecule has 0 fully saturated rings. The van der Waals surface area contributed by atoms with E-state index >= 15 is 0 Å². The van der Waals surface area contributed by atoms with Crippen molar-refractivity contribution < 1.29 is 19.8 Å². The lowest BCUT2D eigenvalue weighted by molar-refractivity contribution is 0.0883. The Morgan fingerprint density at radius 1 is 1.36 bits per heavy atom. The van der Waals surface area contributed by atoms with Crippen molar-refractivity contribution >= 4 is 11.7 Å². The number of rotatable bonds is 6. The molecule has 28 heavy (non-hydrogen) atoms. The van der Waals surface area contributed by atoms with Gasteiger partial charge in [-0.05, 0) is 55.4 Å². The number of aliphatic hydroxyl groups is 2. The Morgan fingerprint density at radius 3 is 2.71 bits per heavy atom. The molecular formula is C21H27N3O4. The van der Waals surface area contributed by atoms with E-state index in [0.29, 0.717) is 41.6 Å². The molecule has 7 heteroatoms. The van der Waals surface area contributed by atoms with Gasteiger partial charge < -0.3 is 15.9 Å². The Morgan fingerprint density at radius 2 is 2.07 bits per heavy atom. The summed E-state index contributed by atoms with van der Waals surface area (Å²) in [5.74, 6) is -0.440. The summed E-state index contributed by atoms with van der Waals surface area (Å²) >= 11 is 0. The average molecular weight is 385 g/mol. The van der Waals surface area contributed by atoms with E-state index in [4.69, 9.17) is 10.8 Å². The fourth-order valence-electron chi connectivity index (χ4n) is 3.93. The lowest BCUT2D eigenvalue weighted by atomic mass is 9.75. The molecule has 7 nitrogen and oxygen atoms in total. The number of benzene rings is 1. The topological polar surface area (TPSA) is 118 Å². The van der Waals surface area contributed by atoms with Crippen molar-refractivity contribution in [3.8, 4) is 5.69 Å². The summed E-state index contributed by atoms with van der Waals surface area (Å²) < 4.78 is 1.78. The molecular weight excluding hydrogens is 358 g/mol. The van der Waals surface area contributed by atoms with E-state index in [1.54, 1.807) is 16.8 Å². The Balaban J connectivity index is 2.06. The summed E-state index contributed by atoms with van der Waals surface area (Å²) in [5, 5.41) is 23.3. The van der Waals surface area contributed by atoms with Crippen LogP contribution in [-0.2, 0) is 12.8 Å². The minimum atomic E-state index is -0.859. The van der Waals surface area contributed by atoms with Crippen molar-refractivity contribution in [2.24, 2.45) is 11.1 Å². The standard InChI is InChI=1S/C21H27N3O4/c1-12-19-17(9-21(2,3)10-18(19)27)24(23-12)14-5-7-16(20(22)28)13(8-14)4-6-15(26)11-25/h5,7-8,15,25-26H,4,6,9-11H2,1-3H3,(H2,22,28). The van der Waals surface area contributed by atoms with E-state index in [9.17, 15) is 14.7 Å². The van der Waals surface area contributed by atoms with E-state index in [2.05, 4.69) is 18.9 Å². The van der Waals surface area contributed by atoms with Crippen molar-refractivity contribution in [1.82, 2.24) is 9.78 Å². The summed E-state index contributed by atoms with van der Waals surface area (Å²) in [5.41, 5.74) is 9.43. The van der Waals surface area contributed by atoms with Gasteiger partial charge in [-0.1, -0.05) is 13.8 Å². The highest BCUT2D eigenvalue weighted by Crippen LogP contribution is 2.37. The fraction of sp³-hybridized carbons (Fsp3) is 0.476. The van der Waals surface area contributed by atoms with Crippen molar-refractivity contribution in [1.29, 1.82) is 0 Å². The molecule has 1 aliphatic rings. The summed E-state index contributed by atoms with van der Waals surface area (Å²) in [6, 6.07) is 5.24. The zero-order valence-electron chi connectivity index (χ0n) is 16.5. The van der Waals surface area contributed by atoms with E-state index < -0.39 is 12.0 Å². The molecule has 1 aliphatic carbocycles. The summed E-state index contributed by atoms with van der Waals surface area (Å²) in [6.45, 7) is 5.63. The third-order valence-corrected chi connectivity index (χ3v) is 5.28. The first kappa shape index (κ1) is 20.2. The second kappa shape index (κ2) is 7.48. The maximum atomic E-state index is 12.6. The van der Waals surface area contributed by atoms with Gasteiger partial charge in [0, 0.05) is 12.0 Å². The van der Waals surface area contributed by atoms with Crippen LogP contribution in [0.3, 0.4) is 0 Å². The highest BCUT2D eigenvalue weighted by Gasteiger charge is 2.35. The van der Waals surface area contributed by atoms with Gasteiger partial charge in [-0.25, -0.2) is 4.68 Å². The zero-order valence-corrected chi connectivity index (χ0v) is 16.5. The van der Waals surface area contributed by atoms with Gasteiger partial charge in [-0.15, -0.1) is 0 Å². The number of ketones is 1. The molecule has 0 radical (unpaired) electrons. The molecule has 0 saturated carbocycles. The maximum Gasteiger partial charge on any atom is 0.248 e. The number of carbonyl (C=O) groups is 2. The summed E-state index contributed by atoms with van der Waals surface area (Å²) in [4.78, 5) is 24.4. The molecule has 1 unspecified atom stereocenters. The monoisotopic (exact) mass is 385 g/mol. The molecule has 4 N–H and O–H groups in total. The van der Waals surface area contributed by atoms with Crippen molar-refractivity contribution in [2.75, 3.05) is 6.61 Å². The third-order valence-electron chi connectivity index (χ3n) is 5.28. The number of aliphatic hydroxyl groups excluding tert-OH is 2. The molecule has 1 atom stereocenters. The second-order valence-corrected chi connectivity index (χ2v) is 8.34. The minimum Gasteiger partial charge on any atom is -0.394 e. The largest absolute Gasteiger partial charge is 0.394 e. The summed E-state index contributed by atoms with van der Waals surface area (Å²) in [7, 11) is 0. The van der Waals surface area contributed by atoms with Gasteiger partial charge in [0.25, 0.3) is 0 Å². The van der Waals surface area contributed by atoms with E-state index in [1.807, 2.05) is 13.0 Å². The lowest BCUT2D eigenvalue weighted by Crippen LogP contribution is -2.28. The normalized spacial score (nSPS) is 16.7. The van der Waals surface area contributed by atoms with Crippen LogP contribution in [0.2, 0.25) is 0 Å². The number of hydrogen-bond acceptors (Lipinski definition) is 5. The van der Waals surface area contributed by atoms with Crippen molar-refractivity contribution in [2.45, 2.75) is 52.6 Å². The Kier molecular flexibility index (Phi) is 5.41. The first-order valence-corrected chi connectivity index (χ1v) is 9.46. The van der Waals surface area contributed by atoms with E-state index in [0.717, 1.165) is 17.8 Å². The first-order valence-electron chi connectivity index (χ1n) is 9.46. The highest BCUT2D eigenvalue weighted by atomic mass is 16.3. The van der Waals surface area contributed by atoms with E-state index in [1.165, 1.54) is 0 Å². The van der Waals surface area contributed by atoms with Crippen LogP contribution in [0, 0.1) is 12.3 Å². The molecule has 0 saturated heterocycles. The van der Waals surface area contributed by atoms with Crippen LogP contribution in [0.5, 0.6) is 0 Å². The number of carbonyl (C=O) groups excluding carboxylic acids is 2. The molecule has 1 aromatic carbocycles. The number of nitrogens with zero attached hydrogens (tertiary/aromatic N) is 2. The molecule has 1 aromatic heterocycles. The number of aryl methyl sites for hydroxylation is 2. The van der Waals surface area contributed by atoms with E-state index in [-0.39, 0.29) is 17.8 Å². The third kappa shape index (κ3) is 3.86. The van der Waals surface area contributed by atoms with Gasteiger partial charge in [0.05, 0.1) is 35.3 Å².